The van der Waals surface area contributed by atoms with Crippen LogP contribution in [0.25, 0.3) is 0 Å². The number of nitrogens with one attached hydrogen (secondary N) is 1. The van der Waals surface area contributed by atoms with Gasteiger partial charge >= 0.3 is 5.97 Å². The molecule has 0 fully saturated rings. The van der Waals surface area contributed by atoms with Crippen molar-refractivity contribution in [1.82, 2.24) is 5.32 Å². The molecule has 4 nitrogen and oxygen atoms in total. The molecule has 108 valence electrons. The zero-order valence-electron chi connectivity index (χ0n) is 11.8. The Bertz CT molecular complexity index is 498. The molecule has 1 aromatic carbocycles. The van der Waals surface area contributed by atoms with E-state index >= 15 is 0 Å². The van der Waals surface area contributed by atoms with E-state index < -0.39 is 5.97 Å². The molecule has 2 rings (SSSR count). The fourth-order valence-electron chi connectivity index (χ4n) is 2.84. The van der Waals surface area contributed by atoms with E-state index in [1.807, 2.05) is 12.1 Å². The molecule has 0 unspecified atom stereocenters. The van der Waals surface area contributed by atoms with Crippen molar-refractivity contribution in [2.24, 2.45) is 5.92 Å². The number of hydrogen-bond acceptors (Lipinski definition) is 2. The van der Waals surface area contributed by atoms with Crippen LogP contribution in [0.5, 0.6) is 0 Å². The maximum Gasteiger partial charge on any atom is 0.303 e. The number of amides is 1. The molecule has 0 bridgehead atoms. The van der Waals surface area contributed by atoms with Gasteiger partial charge in [0.05, 0.1) is 6.04 Å². The van der Waals surface area contributed by atoms with Gasteiger partial charge in [0.25, 0.3) is 0 Å². The second-order valence-electron chi connectivity index (χ2n) is 5.62. The van der Waals surface area contributed by atoms with Crippen molar-refractivity contribution in [3.63, 3.8) is 0 Å². The van der Waals surface area contributed by atoms with Gasteiger partial charge in [0.1, 0.15) is 0 Å². The predicted molar refractivity (Wildman–Crippen MR) is 76.3 cm³/mol. The molecule has 0 radical (unpaired) electrons. The van der Waals surface area contributed by atoms with Gasteiger partial charge in [-0.1, -0.05) is 31.2 Å². The van der Waals surface area contributed by atoms with Crippen LogP contribution in [0.4, 0.5) is 0 Å². The molecule has 2 atom stereocenters. The minimum atomic E-state index is -0.853. The lowest BCUT2D eigenvalue weighted by Crippen LogP contribution is -2.32. The third-order valence-corrected chi connectivity index (χ3v) is 3.76. The first-order valence-corrected chi connectivity index (χ1v) is 7.15. The van der Waals surface area contributed by atoms with Crippen LogP contribution in [-0.4, -0.2) is 17.0 Å². The minimum Gasteiger partial charge on any atom is -0.481 e. The van der Waals surface area contributed by atoms with Gasteiger partial charge in [0.2, 0.25) is 5.91 Å². The molecule has 0 heterocycles. The van der Waals surface area contributed by atoms with E-state index in [2.05, 4.69) is 17.4 Å². The van der Waals surface area contributed by atoms with Gasteiger partial charge in [-0.3, -0.25) is 9.59 Å². The second kappa shape index (κ2) is 6.55. The van der Waals surface area contributed by atoms with Crippen LogP contribution < -0.4 is 5.32 Å². The molecule has 4 heteroatoms. The highest BCUT2D eigenvalue weighted by Crippen LogP contribution is 2.29. The van der Waals surface area contributed by atoms with E-state index in [0.717, 1.165) is 19.3 Å². The van der Waals surface area contributed by atoms with Gasteiger partial charge in [-0.25, -0.2) is 0 Å². The van der Waals surface area contributed by atoms with Gasteiger partial charge < -0.3 is 10.4 Å². The van der Waals surface area contributed by atoms with Crippen molar-refractivity contribution in [2.45, 2.75) is 45.1 Å². The standard InChI is InChI=1S/C16H21NO3/c1-11(10-16(19)20)9-15(18)17-14-8-4-6-12-5-2-3-7-13(12)14/h2-3,5,7,11,14H,4,6,8-10H2,1H3,(H,17,18)(H,19,20)/t11-,14-/m0/s1. The number of benzene rings is 1. The van der Waals surface area contributed by atoms with Crippen LogP contribution in [0, 0.1) is 5.92 Å². The highest BCUT2D eigenvalue weighted by atomic mass is 16.4. The van der Waals surface area contributed by atoms with Gasteiger partial charge in [0, 0.05) is 12.8 Å². The highest BCUT2D eigenvalue weighted by molar-refractivity contribution is 5.77. The Balaban J connectivity index is 1.94. The molecule has 1 amide bonds. The summed E-state index contributed by atoms with van der Waals surface area (Å²) in [6.45, 7) is 1.79. The molecule has 0 saturated carbocycles. The first-order chi connectivity index (χ1) is 9.56. The van der Waals surface area contributed by atoms with Crippen LogP contribution in [0.2, 0.25) is 0 Å². The van der Waals surface area contributed by atoms with Gasteiger partial charge in [-0.05, 0) is 36.3 Å². The summed E-state index contributed by atoms with van der Waals surface area (Å²) in [6.07, 6.45) is 3.40. The molecule has 1 aliphatic carbocycles. The first-order valence-electron chi connectivity index (χ1n) is 7.15. The predicted octanol–water partition coefficient (Wildman–Crippen LogP) is 2.68. The van der Waals surface area contributed by atoms with Crippen LogP contribution in [0.3, 0.4) is 0 Å². The number of rotatable bonds is 5. The second-order valence-corrected chi connectivity index (χ2v) is 5.62. The number of carboxylic acid groups (broad SMARTS) is 1. The topological polar surface area (TPSA) is 66.4 Å². The molecular formula is C16H21NO3. The summed E-state index contributed by atoms with van der Waals surface area (Å²) in [4.78, 5) is 22.6. The Hall–Kier alpha value is -1.84. The number of hydrogen-bond donors (Lipinski definition) is 2. The van der Waals surface area contributed by atoms with Gasteiger partial charge in [-0.15, -0.1) is 0 Å². The van der Waals surface area contributed by atoms with Crippen LogP contribution >= 0.6 is 0 Å². The van der Waals surface area contributed by atoms with Crippen molar-refractivity contribution in [3.8, 4) is 0 Å². The lowest BCUT2D eigenvalue weighted by molar-refractivity contribution is -0.138. The fraction of sp³-hybridized carbons (Fsp3) is 0.500. The molecule has 20 heavy (non-hydrogen) atoms. The van der Waals surface area contributed by atoms with Crippen molar-refractivity contribution >= 4 is 11.9 Å². The zero-order chi connectivity index (χ0) is 14.5. The monoisotopic (exact) mass is 275 g/mol. The molecule has 0 aliphatic heterocycles. The lowest BCUT2D eigenvalue weighted by atomic mass is 9.87. The highest BCUT2D eigenvalue weighted by Gasteiger charge is 2.22. The lowest BCUT2D eigenvalue weighted by Gasteiger charge is -2.26. The summed E-state index contributed by atoms with van der Waals surface area (Å²) in [5.41, 5.74) is 2.51. The first kappa shape index (κ1) is 14.6. The number of aliphatic carboxylic acids is 1. The Morgan fingerprint density at radius 3 is 2.85 bits per heavy atom. The normalized spacial score (nSPS) is 18.9. The van der Waals surface area contributed by atoms with E-state index in [1.54, 1.807) is 6.92 Å². The molecule has 2 N–H and O–H groups in total. The Morgan fingerprint density at radius 1 is 1.35 bits per heavy atom. The number of fused-ring (bicyclic) bond motifs is 1. The molecule has 1 aromatic rings. The quantitative estimate of drug-likeness (QED) is 0.868. The fourth-order valence-corrected chi connectivity index (χ4v) is 2.84. The summed E-state index contributed by atoms with van der Waals surface area (Å²) < 4.78 is 0. The molecule has 1 aliphatic rings. The number of aryl methyl sites for hydroxylation is 1. The van der Waals surface area contributed by atoms with Crippen LogP contribution in [0.15, 0.2) is 24.3 Å². The summed E-state index contributed by atoms with van der Waals surface area (Å²) in [7, 11) is 0. The van der Waals surface area contributed by atoms with E-state index in [1.165, 1.54) is 11.1 Å². The SMILES string of the molecule is C[C@H](CC(=O)O)CC(=O)N[C@H]1CCCc2ccccc21. The third-order valence-electron chi connectivity index (χ3n) is 3.76. The molecule has 0 aromatic heterocycles. The molecule has 0 spiro atoms. The minimum absolute atomic E-state index is 0.0364. The average Bonchev–Trinajstić information content (AvgIpc) is 2.38. The average molecular weight is 275 g/mol. The molecule has 0 saturated heterocycles. The van der Waals surface area contributed by atoms with Crippen molar-refractivity contribution in [3.05, 3.63) is 35.4 Å². The largest absolute Gasteiger partial charge is 0.481 e. The van der Waals surface area contributed by atoms with Gasteiger partial charge in [-0.2, -0.15) is 0 Å². The van der Waals surface area contributed by atoms with E-state index in [9.17, 15) is 9.59 Å². The summed E-state index contributed by atoms with van der Waals surface area (Å²) in [5.74, 6) is -1.04. The Labute approximate surface area is 119 Å². The van der Waals surface area contributed by atoms with E-state index in [4.69, 9.17) is 5.11 Å². The van der Waals surface area contributed by atoms with Crippen molar-refractivity contribution in [2.75, 3.05) is 0 Å². The van der Waals surface area contributed by atoms with E-state index in [0.29, 0.717) is 0 Å². The van der Waals surface area contributed by atoms with E-state index in [-0.39, 0.29) is 30.7 Å². The molecular weight excluding hydrogens is 254 g/mol. The maximum atomic E-state index is 12.0. The maximum absolute atomic E-state index is 12.0. The van der Waals surface area contributed by atoms with Gasteiger partial charge in [0.15, 0.2) is 0 Å². The van der Waals surface area contributed by atoms with Crippen LogP contribution in [-0.2, 0) is 16.0 Å². The van der Waals surface area contributed by atoms with Crippen molar-refractivity contribution < 1.29 is 14.7 Å². The Morgan fingerprint density at radius 2 is 2.10 bits per heavy atom. The summed E-state index contributed by atoms with van der Waals surface area (Å²) in [5, 5.41) is 11.8. The third kappa shape index (κ3) is 3.83. The smallest absolute Gasteiger partial charge is 0.303 e. The zero-order valence-corrected chi connectivity index (χ0v) is 11.8. The summed E-state index contributed by atoms with van der Waals surface area (Å²) in [6, 6.07) is 8.28. The number of carbonyl (C=O) groups excluding carboxylic acids is 1. The van der Waals surface area contributed by atoms with Crippen LogP contribution in [0.1, 0.15) is 49.8 Å². The summed E-state index contributed by atoms with van der Waals surface area (Å²) >= 11 is 0. The number of carbonyl (C=O) groups is 2. The van der Waals surface area contributed by atoms with Crippen molar-refractivity contribution in [1.29, 1.82) is 0 Å². The Kier molecular flexibility index (Phi) is 4.77. The number of carboxylic acids is 1.